The second kappa shape index (κ2) is 39.0. The summed E-state index contributed by atoms with van der Waals surface area (Å²) >= 11 is 1.51. The summed E-state index contributed by atoms with van der Waals surface area (Å²) < 4.78 is 41.9. The van der Waals surface area contributed by atoms with Crippen molar-refractivity contribution < 1.29 is 67.0 Å². The number of carboxylic acid groups (broad SMARTS) is 1. The molecule has 1 saturated heterocycles. The van der Waals surface area contributed by atoms with Gasteiger partial charge in [-0.2, -0.15) is 5.26 Å². The maximum atomic E-state index is 14.7. The molecule has 3 aromatic rings. The van der Waals surface area contributed by atoms with Crippen LogP contribution >= 0.6 is 11.8 Å². The predicted octanol–water partition coefficient (Wildman–Crippen LogP) is 6.91. The number of benzene rings is 2. The van der Waals surface area contributed by atoms with Gasteiger partial charge in [-0.25, -0.2) is 9.48 Å². The summed E-state index contributed by atoms with van der Waals surface area (Å²) in [5.41, 5.74) is 3.24. The van der Waals surface area contributed by atoms with Crippen LogP contribution in [0.4, 0.5) is 0 Å². The van der Waals surface area contributed by atoms with E-state index in [4.69, 9.17) is 38.4 Å². The number of carbonyl (C=O) groups excluding carboxylic acids is 5. The highest BCUT2D eigenvalue weighted by Crippen LogP contribution is 2.32. The molecular formula is C64H96N8O14S. The Morgan fingerprint density at radius 3 is 1.97 bits per heavy atom. The highest BCUT2D eigenvalue weighted by Gasteiger charge is 2.44. The van der Waals surface area contributed by atoms with Gasteiger partial charge < -0.3 is 58.3 Å². The van der Waals surface area contributed by atoms with Gasteiger partial charge in [-0.3, -0.25) is 24.0 Å². The van der Waals surface area contributed by atoms with Crippen LogP contribution in [-0.2, 0) is 75.0 Å². The van der Waals surface area contributed by atoms with E-state index in [2.05, 4.69) is 21.7 Å². The molecule has 9 atom stereocenters. The van der Waals surface area contributed by atoms with Gasteiger partial charge in [0, 0.05) is 64.6 Å². The molecule has 0 spiro atoms. The molecule has 1 aliphatic rings. The largest absolute Gasteiger partial charge is 0.480 e. The van der Waals surface area contributed by atoms with E-state index < -0.39 is 60.1 Å². The highest BCUT2D eigenvalue weighted by atomic mass is 32.2. The van der Waals surface area contributed by atoms with Gasteiger partial charge >= 0.3 is 5.97 Å². The minimum absolute atomic E-state index is 0.0472. The molecule has 0 saturated carbocycles. The Balaban J connectivity index is 1.17. The van der Waals surface area contributed by atoms with Crippen molar-refractivity contribution in [2.75, 3.05) is 101 Å². The Morgan fingerprint density at radius 2 is 1.43 bits per heavy atom. The molecule has 0 radical (unpaired) electrons. The average Bonchev–Trinajstić information content (AvgIpc) is 3.18. The van der Waals surface area contributed by atoms with Crippen LogP contribution in [0.3, 0.4) is 0 Å². The number of methoxy groups -OCH3 is 2. The fraction of sp³-hybridized carbons (Fsp3) is 0.641. The Bertz CT molecular complexity index is 2650. The number of Topliss-reactive ketones (excluding diaryl/α,β-unsaturated/α-hetero) is 1. The van der Waals surface area contributed by atoms with Crippen LogP contribution in [-0.4, -0.2) is 207 Å². The predicted molar refractivity (Wildman–Crippen MR) is 331 cm³/mol. The Hall–Kier alpha value is -6.10. The fourth-order valence-corrected chi connectivity index (χ4v) is 11.6. The molecule has 4 rings (SSSR count). The summed E-state index contributed by atoms with van der Waals surface area (Å²) in [5, 5.41) is 30.0. The maximum Gasteiger partial charge on any atom is 0.326 e. The number of nitrogens with zero attached hydrogens (tertiary/aromatic N) is 7. The number of aliphatic carboxylic acids is 1. The van der Waals surface area contributed by atoms with E-state index in [0.29, 0.717) is 77.7 Å². The van der Waals surface area contributed by atoms with Crippen LogP contribution in [0, 0.1) is 40.9 Å². The molecule has 0 unspecified atom stereocenters. The number of hydrogen-bond acceptors (Lipinski definition) is 17. The van der Waals surface area contributed by atoms with Gasteiger partial charge in [-0.05, 0) is 60.1 Å². The summed E-state index contributed by atoms with van der Waals surface area (Å²) in [6, 6.07) is 15.9. The Kier molecular flexibility index (Phi) is 32.9. The van der Waals surface area contributed by atoms with Crippen LogP contribution in [0.2, 0.25) is 0 Å². The van der Waals surface area contributed by atoms with Gasteiger partial charge in [0.2, 0.25) is 23.6 Å². The molecule has 23 heteroatoms. The van der Waals surface area contributed by atoms with Crippen LogP contribution in [0.1, 0.15) is 104 Å². The van der Waals surface area contributed by atoms with E-state index in [-0.39, 0.29) is 86.8 Å². The first-order chi connectivity index (χ1) is 41.7. The van der Waals surface area contributed by atoms with Crippen molar-refractivity contribution in [1.29, 1.82) is 5.26 Å². The lowest BCUT2D eigenvalue weighted by molar-refractivity contribution is -0.150. The number of likely N-dealkylation sites (N-methyl/N-ethyl adjacent to an activating group) is 2. The van der Waals surface area contributed by atoms with Gasteiger partial charge in [0.1, 0.15) is 11.7 Å². The van der Waals surface area contributed by atoms with Crippen LogP contribution in [0.15, 0.2) is 66.9 Å². The van der Waals surface area contributed by atoms with Gasteiger partial charge in [0.05, 0.1) is 133 Å². The quantitative estimate of drug-likeness (QED) is 0.0431. The third kappa shape index (κ3) is 23.1. The number of ketones is 1. The van der Waals surface area contributed by atoms with E-state index >= 15 is 0 Å². The van der Waals surface area contributed by atoms with Crippen molar-refractivity contribution in [1.82, 2.24) is 35.0 Å². The van der Waals surface area contributed by atoms with E-state index in [1.54, 1.807) is 53.8 Å². The van der Waals surface area contributed by atoms with Crippen molar-refractivity contribution in [3.05, 3.63) is 83.7 Å². The molecule has 1 aliphatic heterocycles. The standard InChI is InChI=1S/C64H96N8O14S/c1-13-45(6)60(55(80-10)40-58(75)71-28-17-20-53(71)61(81-11)46(7)62(76)66-52(64(78)79)38-47-18-15-14-16-19-47)70(9)63(77)51(43(2)3)39-54(73)59(44(4)5)69(8)57(74)26-29-82-30-31-83-32-33-84-34-35-85-36-37-86-42-49-41-72(68-67-49)50-23-21-48(22-24-50)56(87-12)25-27-65/h14-16,18-19,21-25,41,43-46,51-53,55,59-61H,13,17,20,26,28-40,42H2,1-12H3,(H,66,76)(H,78,79)/t45-,46+,51-,52-,53-,55+,59-,60-,61+/m0/s1. The summed E-state index contributed by atoms with van der Waals surface area (Å²) in [6.07, 6.45) is 5.69. The molecule has 2 N–H and O–H groups in total. The van der Waals surface area contributed by atoms with Crippen molar-refractivity contribution in [3.8, 4) is 11.8 Å². The minimum atomic E-state index is -1.16. The molecule has 0 bridgehead atoms. The van der Waals surface area contributed by atoms with E-state index in [0.717, 1.165) is 21.7 Å². The molecule has 2 aromatic carbocycles. The lowest BCUT2D eigenvalue weighted by atomic mass is 9.83. The number of hydrogen-bond donors (Lipinski definition) is 2. The second-order valence-corrected chi connectivity index (χ2v) is 23.5. The van der Waals surface area contributed by atoms with E-state index in [1.165, 1.54) is 37.0 Å². The molecule has 22 nitrogen and oxygen atoms in total. The first kappa shape index (κ1) is 73.4. The van der Waals surface area contributed by atoms with Gasteiger partial charge in [-0.1, -0.05) is 103 Å². The van der Waals surface area contributed by atoms with Crippen molar-refractivity contribution in [2.45, 2.75) is 136 Å². The van der Waals surface area contributed by atoms with Gasteiger partial charge in [-0.15, -0.1) is 16.9 Å². The number of nitrogens with one attached hydrogen (secondary N) is 1. The number of ether oxygens (including phenoxy) is 7. The smallest absolute Gasteiger partial charge is 0.326 e. The van der Waals surface area contributed by atoms with Crippen molar-refractivity contribution in [2.24, 2.45) is 29.6 Å². The normalized spacial score (nSPS) is 16.4. The van der Waals surface area contributed by atoms with Crippen LogP contribution in [0.5, 0.6) is 0 Å². The van der Waals surface area contributed by atoms with E-state index in [1.807, 2.05) is 90.3 Å². The van der Waals surface area contributed by atoms with Gasteiger partial charge in [0.25, 0.3) is 0 Å². The molecule has 1 aromatic heterocycles. The first-order valence-electron chi connectivity index (χ1n) is 30.2. The maximum absolute atomic E-state index is 14.7. The van der Waals surface area contributed by atoms with Crippen molar-refractivity contribution in [3.63, 3.8) is 0 Å². The third-order valence-electron chi connectivity index (χ3n) is 16.0. The minimum Gasteiger partial charge on any atom is -0.480 e. The molecule has 87 heavy (non-hydrogen) atoms. The third-order valence-corrected chi connectivity index (χ3v) is 16.8. The fourth-order valence-electron chi connectivity index (χ4n) is 11.0. The van der Waals surface area contributed by atoms with Crippen LogP contribution < -0.4 is 5.32 Å². The topological polar surface area (TPSA) is 264 Å². The zero-order valence-electron chi connectivity index (χ0n) is 53.2. The molecule has 482 valence electrons. The van der Waals surface area contributed by atoms with E-state index in [9.17, 15) is 33.9 Å². The summed E-state index contributed by atoms with van der Waals surface area (Å²) in [7, 11) is 6.31. The highest BCUT2D eigenvalue weighted by molar-refractivity contribution is 8.07. The Labute approximate surface area is 519 Å². The second-order valence-electron chi connectivity index (χ2n) is 22.7. The monoisotopic (exact) mass is 1230 g/mol. The number of rotatable bonds is 42. The number of aromatic nitrogens is 3. The van der Waals surface area contributed by atoms with Gasteiger partial charge in [0.15, 0.2) is 5.78 Å². The number of allylic oxidation sites excluding steroid dienone is 1. The first-order valence-corrected chi connectivity index (χ1v) is 31.5. The molecule has 1 fully saturated rings. The lowest BCUT2D eigenvalue weighted by Gasteiger charge is -2.41. The van der Waals surface area contributed by atoms with Crippen molar-refractivity contribution >= 4 is 52.0 Å². The lowest BCUT2D eigenvalue weighted by Crippen LogP contribution is -2.55. The number of amides is 4. The summed E-state index contributed by atoms with van der Waals surface area (Å²) in [6.45, 7) is 16.9. The number of thioether (sulfide) groups is 1. The number of likely N-dealkylation sites (tertiary alicyclic amines) is 1. The molecule has 0 aliphatic carbocycles. The number of carbonyl (C=O) groups is 6. The molecule has 2 heterocycles. The zero-order valence-corrected chi connectivity index (χ0v) is 54.0. The summed E-state index contributed by atoms with van der Waals surface area (Å²) in [4.78, 5) is 88.6. The summed E-state index contributed by atoms with van der Waals surface area (Å²) in [5.74, 6) is -4.77. The SMILES string of the molecule is CC[C@H](C)[C@@H]([C@@H](CC(=O)N1CCC[C@H]1[C@H](OC)[C@@H](C)C(=O)N[C@@H](Cc1ccccc1)C(=O)O)OC)N(C)C(=O)[C@@H](CC(=O)[C@H](C(C)C)N(C)C(=O)CCOCCOCCOCCOCCOCc1cn(-c2ccc(C(=CC#N)SC)cc2)nn1)C(C)C. The molecular weight excluding hydrogens is 1140 g/mol. The Morgan fingerprint density at radius 1 is 0.816 bits per heavy atom. The number of nitriles is 1. The molecule has 4 amide bonds. The van der Waals surface area contributed by atoms with Crippen LogP contribution in [0.25, 0.3) is 10.6 Å². The zero-order chi connectivity index (χ0) is 64.0. The average molecular weight is 1230 g/mol. The number of carboxylic acids is 1.